The summed E-state index contributed by atoms with van der Waals surface area (Å²) in [6, 6.07) is 8.34. The number of amidine groups is 1. The van der Waals surface area contributed by atoms with Gasteiger partial charge in [0.25, 0.3) is 0 Å². The Bertz CT molecular complexity index is 836. The van der Waals surface area contributed by atoms with Crippen molar-refractivity contribution in [2.24, 2.45) is 0 Å². The van der Waals surface area contributed by atoms with Gasteiger partial charge < -0.3 is 4.90 Å². The molecule has 0 saturated heterocycles. The molecule has 0 fully saturated rings. The summed E-state index contributed by atoms with van der Waals surface area (Å²) in [7, 11) is 0.362. The first-order chi connectivity index (χ1) is 12.8. The van der Waals surface area contributed by atoms with E-state index >= 15 is 0 Å². The fourth-order valence-corrected chi connectivity index (χ4v) is 1.56. The number of halogens is 6. The van der Waals surface area contributed by atoms with Crippen molar-refractivity contribution < 1.29 is 39.4 Å². The molecule has 15 heteroatoms. The van der Waals surface area contributed by atoms with Gasteiger partial charge in [0.1, 0.15) is 11.0 Å². The summed E-state index contributed by atoms with van der Waals surface area (Å²) >= 11 is 0. The van der Waals surface area contributed by atoms with Crippen LogP contribution in [0.1, 0.15) is 0 Å². The summed E-state index contributed by atoms with van der Waals surface area (Å²) < 4.78 is 61.1. The van der Waals surface area contributed by atoms with Gasteiger partial charge in [0.05, 0.1) is 28.2 Å². The van der Waals surface area contributed by atoms with Crippen molar-refractivity contribution in [2.45, 2.75) is 0 Å². The van der Waals surface area contributed by atoms with E-state index in [2.05, 4.69) is 10.3 Å². The van der Waals surface area contributed by atoms with Gasteiger partial charge in [-0.15, -0.1) is 5.10 Å². The number of hydrogen-bond acceptors (Lipinski definition) is 4. The van der Waals surface area contributed by atoms with Gasteiger partial charge in [-0.25, -0.2) is 9.48 Å². The fourth-order valence-electron chi connectivity index (χ4n) is 1.56. The number of amides is 1. The first kappa shape index (κ1) is 26.4. The molecule has 0 N–H and O–H groups in total. The van der Waals surface area contributed by atoms with Crippen LogP contribution in [0.3, 0.4) is 0 Å². The van der Waals surface area contributed by atoms with Crippen molar-refractivity contribution in [3.63, 3.8) is 0 Å². The van der Waals surface area contributed by atoms with Crippen LogP contribution in [0.5, 0.6) is 0 Å². The zero-order chi connectivity index (χ0) is 23.1. The van der Waals surface area contributed by atoms with E-state index in [1.54, 1.807) is 14.1 Å². The Balaban J connectivity index is 0.000000543. The molecule has 1 aromatic heterocycles. The maximum absolute atomic E-state index is 10.7. The molecule has 1 amide bonds. The Morgan fingerprint density at radius 2 is 1.52 bits per heavy atom. The molecule has 0 saturated carbocycles. The Hall–Kier alpha value is -2.63. The second-order valence-electron chi connectivity index (χ2n) is 6.14. The maximum atomic E-state index is 9.87. The van der Waals surface area contributed by atoms with Gasteiger partial charge in [-0.3, -0.25) is 9.63 Å². The molecule has 168 valence electrons. The minimum absolute atomic E-state index is 0.681. The monoisotopic (exact) mass is 452 g/mol. The van der Waals surface area contributed by atoms with Gasteiger partial charge in [0, 0.05) is 14.1 Å². The second kappa shape index (κ2) is 8.80. The molecular formula is C14H23F6N6O2P. The Kier molecular flexibility index (Phi) is 8.01. The van der Waals surface area contributed by atoms with Crippen LogP contribution >= 0.6 is 7.81 Å². The minimum atomic E-state index is -10.7. The topological polar surface area (TPSA) is 66.5 Å². The van der Waals surface area contributed by atoms with Gasteiger partial charge in [0.15, 0.2) is 0 Å². The number of nitrogens with zero attached hydrogens (tertiary/aromatic N) is 6. The van der Waals surface area contributed by atoms with E-state index in [9.17, 15) is 30.0 Å². The molecule has 0 aliphatic rings. The van der Waals surface area contributed by atoms with E-state index in [0.29, 0.717) is 6.02 Å². The van der Waals surface area contributed by atoms with Crippen LogP contribution in [-0.2, 0) is 4.79 Å². The molecule has 2 rings (SSSR count). The van der Waals surface area contributed by atoms with Crippen LogP contribution in [0.2, 0.25) is 0 Å². The number of aromatic nitrogens is 3. The average Bonchev–Trinajstić information content (AvgIpc) is 2.92. The number of hydrogen-bond donors (Lipinski definition) is 0. The van der Waals surface area contributed by atoms with Crippen LogP contribution in [0.15, 0.2) is 24.3 Å². The SMILES string of the molecule is CN(C)C(On1nnc2ccccc21)=[N+](C)C.CN(C)C=O.F[P-](F)(F)(F)(F)F. The molecule has 29 heavy (non-hydrogen) atoms. The molecule has 0 atom stereocenters. The number of fused-ring (bicyclic) bond motifs is 1. The van der Waals surface area contributed by atoms with E-state index in [1.807, 2.05) is 61.9 Å². The van der Waals surface area contributed by atoms with Crippen molar-refractivity contribution in [1.82, 2.24) is 25.0 Å². The van der Waals surface area contributed by atoms with Gasteiger partial charge in [-0.1, -0.05) is 17.0 Å². The standard InChI is InChI=1S/C11H16N5O.C3H7NO.F6P/c1-14(2)11(15(3)4)17-16-10-8-6-5-7-9(10)12-13-16;1-4(2)3-5;1-7(2,3,4,5)6/h5-8H,1-4H3;3H,1-2H3;/q+1;;-1. The van der Waals surface area contributed by atoms with Crippen molar-refractivity contribution in [1.29, 1.82) is 0 Å². The van der Waals surface area contributed by atoms with Crippen LogP contribution < -0.4 is 4.84 Å². The number of rotatable bonds is 2. The van der Waals surface area contributed by atoms with E-state index in [4.69, 9.17) is 4.84 Å². The van der Waals surface area contributed by atoms with E-state index in [-0.39, 0.29) is 0 Å². The number of carbonyl (C=O) groups excluding carboxylic acids is 1. The van der Waals surface area contributed by atoms with E-state index in [0.717, 1.165) is 17.4 Å². The Morgan fingerprint density at radius 1 is 1.07 bits per heavy atom. The molecular weight excluding hydrogens is 429 g/mol. The third kappa shape index (κ3) is 14.1. The van der Waals surface area contributed by atoms with Crippen molar-refractivity contribution >= 4 is 31.3 Å². The first-order valence-electron chi connectivity index (χ1n) is 7.70. The Morgan fingerprint density at radius 3 is 1.90 bits per heavy atom. The Labute approximate surface area is 163 Å². The third-order valence-electron chi connectivity index (χ3n) is 2.47. The number of para-hydroxylation sites is 1. The average molecular weight is 452 g/mol. The van der Waals surface area contributed by atoms with Gasteiger partial charge >= 0.3 is 39.0 Å². The summed E-state index contributed by atoms with van der Waals surface area (Å²) in [5, 5.41) is 8.00. The second-order valence-corrected chi connectivity index (χ2v) is 8.06. The zero-order valence-corrected chi connectivity index (χ0v) is 17.5. The van der Waals surface area contributed by atoms with Crippen molar-refractivity contribution in [3.05, 3.63) is 24.3 Å². The summed E-state index contributed by atoms with van der Waals surface area (Å²) in [4.78, 5) is 19.9. The fraction of sp³-hybridized carbons (Fsp3) is 0.429. The van der Waals surface area contributed by atoms with Crippen molar-refractivity contribution in [2.75, 3.05) is 42.3 Å². The summed E-state index contributed by atoms with van der Waals surface area (Å²) in [5.41, 5.74) is 1.65. The summed E-state index contributed by atoms with van der Waals surface area (Å²) in [5.74, 6) is 0. The first-order valence-corrected chi connectivity index (χ1v) is 9.73. The van der Waals surface area contributed by atoms with Crippen molar-refractivity contribution in [3.8, 4) is 0 Å². The summed E-state index contributed by atoms with van der Waals surface area (Å²) in [6.45, 7) is 0. The molecule has 0 spiro atoms. The van der Waals surface area contributed by atoms with E-state index in [1.165, 1.54) is 9.75 Å². The van der Waals surface area contributed by atoms with Gasteiger partial charge in [-0.05, 0) is 17.3 Å². The molecule has 8 nitrogen and oxygen atoms in total. The number of benzene rings is 1. The van der Waals surface area contributed by atoms with Crippen LogP contribution in [0.4, 0.5) is 25.2 Å². The van der Waals surface area contributed by atoms with Crippen LogP contribution in [0, 0.1) is 0 Å². The number of carbonyl (C=O) groups is 1. The zero-order valence-electron chi connectivity index (χ0n) is 16.6. The molecule has 0 aliphatic heterocycles. The van der Waals surface area contributed by atoms with E-state index < -0.39 is 7.81 Å². The predicted molar refractivity (Wildman–Crippen MR) is 98.2 cm³/mol. The normalized spacial score (nSPS) is 12.8. The molecule has 0 unspecified atom stereocenters. The van der Waals surface area contributed by atoms with Crippen LogP contribution in [-0.4, -0.2) is 84.3 Å². The molecule has 0 aliphatic carbocycles. The molecule has 1 heterocycles. The van der Waals surface area contributed by atoms with Gasteiger partial charge in [-0.2, -0.15) is 0 Å². The quantitative estimate of drug-likeness (QED) is 0.175. The third-order valence-corrected chi connectivity index (χ3v) is 2.47. The molecule has 1 aromatic carbocycles. The molecule has 2 aromatic rings. The predicted octanol–water partition coefficient (Wildman–Crippen LogP) is 3.14. The molecule has 0 bridgehead atoms. The van der Waals surface area contributed by atoms with Gasteiger partial charge in [0.2, 0.25) is 6.41 Å². The summed E-state index contributed by atoms with van der Waals surface area (Å²) in [6.07, 6.45) is 0.750. The van der Waals surface area contributed by atoms with Crippen LogP contribution in [0.25, 0.3) is 11.0 Å². The molecule has 0 radical (unpaired) electrons.